The van der Waals surface area contributed by atoms with E-state index in [0.717, 1.165) is 81.0 Å². The summed E-state index contributed by atoms with van der Waals surface area (Å²) in [7, 11) is 0. The lowest BCUT2D eigenvalue weighted by Crippen LogP contribution is -2.47. The molecule has 2 aliphatic heterocycles. The zero-order valence-electron chi connectivity index (χ0n) is 16.0. The minimum absolute atomic E-state index is 0.675. The van der Waals surface area contributed by atoms with Gasteiger partial charge in [0.15, 0.2) is 0 Å². The number of piperazine rings is 1. The van der Waals surface area contributed by atoms with Gasteiger partial charge in [0.05, 0.1) is 30.4 Å². The number of fused-ring (bicyclic) bond motifs is 1. The van der Waals surface area contributed by atoms with Crippen LogP contribution in [0, 0.1) is 0 Å². The van der Waals surface area contributed by atoms with E-state index in [1.54, 1.807) is 6.33 Å². The van der Waals surface area contributed by atoms with Crippen LogP contribution >= 0.6 is 11.6 Å². The average molecular weight is 412 g/mol. The molecule has 2 saturated heterocycles. The third-order valence-corrected chi connectivity index (χ3v) is 5.63. The molecule has 9 heteroatoms. The number of nitrogens with zero attached hydrogens (tertiary/aromatic N) is 7. The molecule has 150 valence electrons. The van der Waals surface area contributed by atoms with Crippen molar-refractivity contribution in [2.75, 3.05) is 67.2 Å². The summed E-state index contributed by atoms with van der Waals surface area (Å²) in [5.74, 6) is 2.84. The van der Waals surface area contributed by atoms with E-state index in [1.807, 2.05) is 24.4 Å². The SMILES string of the molecule is Clc1ccc2nc(N3CCN(c4cc(N5CCOCC5)ncn4)CC3)cnc2c1. The third kappa shape index (κ3) is 3.90. The standard InChI is InChI=1S/C20H22ClN7O/c21-15-1-2-16-17(11-15)22-13-20(25-16)27-5-3-26(4-6-27)18-12-19(24-14-23-18)28-7-9-29-10-8-28/h1-2,11-14H,3-10H2. The van der Waals surface area contributed by atoms with Gasteiger partial charge in [-0.2, -0.15) is 0 Å². The van der Waals surface area contributed by atoms with Crippen LogP contribution in [-0.4, -0.2) is 72.4 Å². The third-order valence-electron chi connectivity index (χ3n) is 5.39. The van der Waals surface area contributed by atoms with E-state index < -0.39 is 0 Å². The molecular formula is C20H22ClN7O. The van der Waals surface area contributed by atoms with Crippen LogP contribution < -0.4 is 14.7 Å². The Labute approximate surface area is 174 Å². The smallest absolute Gasteiger partial charge is 0.147 e. The fraction of sp³-hybridized carbons (Fsp3) is 0.400. The van der Waals surface area contributed by atoms with Gasteiger partial charge in [-0.15, -0.1) is 0 Å². The Morgan fingerprint density at radius 3 is 2.10 bits per heavy atom. The normalized spacial score (nSPS) is 17.8. The molecule has 0 aliphatic carbocycles. The van der Waals surface area contributed by atoms with E-state index in [9.17, 15) is 0 Å². The molecule has 0 radical (unpaired) electrons. The number of ether oxygens (including phenoxy) is 1. The molecule has 0 N–H and O–H groups in total. The summed E-state index contributed by atoms with van der Waals surface area (Å²) in [5.41, 5.74) is 1.68. The first kappa shape index (κ1) is 18.3. The quantitative estimate of drug-likeness (QED) is 0.649. The van der Waals surface area contributed by atoms with E-state index in [0.29, 0.717) is 5.02 Å². The van der Waals surface area contributed by atoms with E-state index in [1.165, 1.54) is 0 Å². The van der Waals surface area contributed by atoms with Crippen LogP contribution in [0.5, 0.6) is 0 Å². The summed E-state index contributed by atoms with van der Waals surface area (Å²) in [5, 5.41) is 0.675. The van der Waals surface area contributed by atoms with Crippen LogP contribution in [0.15, 0.2) is 36.8 Å². The van der Waals surface area contributed by atoms with Crippen LogP contribution in [-0.2, 0) is 4.74 Å². The van der Waals surface area contributed by atoms with Crippen LogP contribution in [0.4, 0.5) is 17.5 Å². The van der Waals surface area contributed by atoms with E-state index in [4.69, 9.17) is 21.3 Å². The number of rotatable bonds is 3. The van der Waals surface area contributed by atoms with Crippen molar-refractivity contribution in [2.24, 2.45) is 0 Å². The average Bonchev–Trinajstić information content (AvgIpc) is 2.79. The molecule has 1 aromatic carbocycles. The Hall–Kier alpha value is -2.71. The Balaban J connectivity index is 1.27. The van der Waals surface area contributed by atoms with Gasteiger partial charge in [-0.25, -0.2) is 15.0 Å². The molecule has 2 fully saturated rings. The number of benzene rings is 1. The molecule has 0 unspecified atom stereocenters. The van der Waals surface area contributed by atoms with E-state index in [2.05, 4.69) is 35.7 Å². The Bertz CT molecular complexity index is 1000. The van der Waals surface area contributed by atoms with Crippen LogP contribution in [0.3, 0.4) is 0 Å². The summed E-state index contributed by atoms with van der Waals surface area (Å²) in [4.78, 5) is 25.0. The van der Waals surface area contributed by atoms with Gasteiger partial charge in [0.1, 0.15) is 23.8 Å². The molecule has 2 aromatic heterocycles. The Morgan fingerprint density at radius 1 is 0.724 bits per heavy atom. The zero-order valence-corrected chi connectivity index (χ0v) is 16.8. The topological polar surface area (TPSA) is 70.5 Å². The Kier molecular flexibility index (Phi) is 5.03. The molecule has 0 saturated carbocycles. The highest BCUT2D eigenvalue weighted by atomic mass is 35.5. The first-order valence-electron chi connectivity index (χ1n) is 9.83. The lowest BCUT2D eigenvalue weighted by molar-refractivity contribution is 0.122. The van der Waals surface area contributed by atoms with Gasteiger partial charge in [0.25, 0.3) is 0 Å². The number of morpholine rings is 1. The highest BCUT2D eigenvalue weighted by Gasteiger charge is 2.21. The van der Waals surface area contributed by atoms with Crippen molar-refractivity contribution in [1.29, 1.82) is 0 Å². The number of anilines is 3. The maximum atomic E-state index is 6.04. The number of halogens is 1. The molecule has 5 rings (SSSR count). The molecule has 0 bridgehead atoms. The van der Waals surface area contributed by atoms with Gasteiger partial charge in [-0.05, 0) is 18.2 Å². The van der Waals surface area contributed by atoms with Crippen molar-refractivity contribution in [3.63, 3.8) is 0 Å². The van der Waals surface area contributed by atoms with Crippen molar-refractivity contribution in [1.82, 2.24) is 19.9 Å². The largest absolute Gasteiger partial charge is 0.378 e. The van der Waals surface area contributed by atoms with Crippen molar-refractivity contribution in [2.45, 2.75) is 0 Å². The number of hydrogen-bond donors (Lipinski definition) is 0. The van der Waals surface area contributed by atoms with Gasteiger partial charge in [-0.3, -0.25) is 4.98 Å². The second-order valence-corrected chi connectivity index (χ2v) is 7.61. The fourth-order valence-corrected chi connectivity index (χ4v) is 3.93. The maximum Gasteiger partial charge on any atom is 0.147 e. The molecule has 0 atom stereocenters. The molecule has 8 nitrogen and oxygen atoms in total. The summed E-state index contributed by atoms with van der Waals surface area (Å²) in [6.07, 6.45) is 3.49. The number of hydrogen-bond acceptors (Lipinski definition) is 8. The van der Waals surface area contributed by atoms with Crippen LogP contribution in [0.2, 0.25) is 5.02 Å². The highest BCUT2D eigenvalue weighted by Crippen LogP contribution is 2.23. The zero-order chi connectivity index (χ0) is 19.6. The summed E-state index contributed by atoms with van der Waals surface area (Å²) < 4.78 is 5.44. The van der Waals surface area contributed by atoms with Crippen LogP contribution in [0.1, 0.15) is 0 Å². The lowest BCUT2D eigenvalue weighted by atomic mass is 10.3. The first-order valence-corrected chi connectivity index (χ1v) is 10.2. The minimum atomic E-state index is 0.675. The monoisotopic (exact) mass is 411 g/mol. The number of aromatic nitrogens is 4. The molecule has 4 heterocycles. The van der Waals surface area contributed by atoms with Crippen LogP contribution in [0.25, 0.3) is 11.0 Å². The second kappa shape index (κ2) is 7.96. The fourth-order valence-electron chi connectivity index (χ4n) is 3.77. The summed E-state index contributed by atoms with van der Waals surface area (Å²) in [6.45, 7) is 6.72. The van der Waals surface area contributed by atoms with E-state index >= 15 is 0 Å². The van der Waals surface area contributed by atoms with Gasteiger partial charge >= 0.3 is 0 Å². The second-order valence-electron chi connectivity index (χ2n) is 7.17. The van der Waals surface area contributed by atoms with Gasteiger partial charge in [0, 0.05) is 50.4 Å². The predicted molar refractivity (Wildman–Crippen MR) is 114 cm³/mol. The minimum Gasteiger partial charge on any atom is -0.378 e. The van der Waals surface area contributed by atoms with Crippen molar-refractivity contribution >= 4 is 40.1 Å². The van der Waals surface area contributed by atoms with Crippen molar-refractivity contribution < 1.29 is 4.74 Å². The first-order chi connectivity index (χ1) is 14.3. The van der Waals surface area contributed by atoms with Gasteiger partial charge in [-0.1, -0.05) is 11.6 Å². The molecule has 2 aliphatic rings. The van der Waals surface area contributed by atoms with E-state index in [-0.39, 0.29) is 0 Å². The lowest BCUT2D eigenvalue weighted by Gasteiger charge is -2.36. The van der Waals surface area contributed by atoms with Gasteiger partial charge < -0.3 is 19.4 Å². The Morgan fingerprint density at radius 2 is 1.38 bits per heavy atom. The maximum absolute atomic E-state index is 6.04. The highest BCUT2D eigenvalue weighted by molar-refractivity contribution is 6.31. The van der Waals surface area contributed by atoms with Crippen molar-refractivity contribution in [3.8, 4) is 0 Å². The summed E-state index contributed by atoms with van der Waals surface area (Å²) >= 11 is 6.04. The summed E-state index contributed by atoms with van der Waals surface area (Å²) in [6, 6.07) is 7.69. The molecular weight excluding hydrogens is 390 g/mol. The molecule has 3 aromatic rings. The molecule has 0 spiro atoms. The predicted octanol–water partition coefficient (Wildman–Crippen LogP) is 2.24. The van der Waals surface area contributed by atoms with Crippen molar-refractivity contribution in [3.05, 3.63) is 41.8 Å². The van der Waals surface area contributed by atoms with Gasteiger partial charge in [0.2, 0.25) is 0 Å². The molecule has 0 amide bonds. The molecule has 29 heavy (non-hydrogen) atoms.